The number of aromatic nitrogens is 1. The Morgan fingerprint density at radius 1 is 1.03 bits per heavy atom. The van der Waals surface area contributed by atoms with Crippen LogP contribution < -0.4 is 5.32 Å². The minimum Gasteiger partial charge on any atom is -0.468 e. The molecule has 200 valence electrons. The van der Waals surface area contributed by atoms with E-state index in [0.717, 1.165) is 51.1 Å². The van der Waals surface area contributed by atoms with Gasteiger partial charge in [-0.1, -0.05) is 66.2 Å². The van der Waals surface area contributed by atoms with Crippen LogP contribution in [-0.4, -0.2) is 23.5 Å². The molecular formula is C31H29ClN2O4S. The fraction of sp³-hybridized carbons (Fsp3) is 0.258. The van der Waals surface area contributed by atoms with Gasteiger partial charge in [0.25, 0.3) is 0 Å². The van der Waals surface area contributed by atoms with E-state index in [2.05, 4.69) is 40.9 Å². The minimum absolute atomic E-state index is 0.165. The largest absolute Gasteiger partial charge is 0.468 e. The molecule has 1 N–H and O–H groups in total. The second-order valence-corrected chi connectivity index (χ2v) is 11.0. The number of aryl methyl sites for hydroxylation is 2. The van der Waals surface area contributed by atoms with Crippen LogP contribution in [0.25, 0.3) is 21.6 Å². The summed E-state index contributed by atoms with van der Waals surface area (Å²) in [5.74, 6) is -0.165. The van der Waals surface area contributed by atoms with Crippen molar-refractivity contribution in [1.82, 2.24) is 4.37 Å². The van der Waals surface area contributed by atoms with Crippen molar-refractivity contribution in [1.29, 1.82) is 0 Å². The van der Waals surface area contributed by atoms with Crippen molar-refractivity contribution in [2.45, 2.75) is 45.1 Å². The van der Waals surface area contributed by atoms with Crippen LogP contribution in [-0.2, 0) is 19.7 Å². The molecule has 3 aromatic carbocycles. The van der Waals surface area contributed by atoms with Gasteiger partial charge in [0, 0.05) is 10.6 Å². The van der Waals surface area contributed by atoms with E-state index in [9.17, 15) is 9.59 Å². The third kappa shape index (κ3) is 5.29. The maximum atomic E-state index is 12.8. The molecule has 1 aliphatic carbocycles. The molecule has 0 unspecified atom stereocenters. The second kappa shape index (κ2) is 10.8. The van der Waals surface area contributed by atoms with Crippen LogP contribution in [0.2, 0.25) is 5.02 Å². The Balaban J connectivity index is 1.34. The van der Waals surface area contributed by atoms with E-state index in [0.29, 0.717) is 16.4 Å². The number of methoxy groups -OCH3 is 1. The monoisotopic (exact) mass is 560 g/mol. The van der Waals surface area contributed by atoms with Crippen molar-refractivity contribution < 1.29 is 19.1 Å². The number of halogens is 1. The maximum Gasteiger partial charge on any atom is 0.412 e. The maximum absolute atomic E-state index is 12.8. The zero-order chi connectivity index (χ0) is 27.7. The molecule has 0 radical (unpaired) electrons. The van der Waals surface area contributed by atoms with Crippen LogP contribution in [0.5, 0.6) is 0 Å². The SMILES string of the molecule is COC(=O)C1(c2ccc(-c3ccc(-c4snc(C)c4NC(=O)O[C@H](C)c4ccccc4Cl)cc3C)cc2)CC1. The molecule has 8 heteroatoms. The van der Waals surface area contributed by atoms with Crippen LogP contribution in [0.15, 0.2) is 66.7 Å². The summed E-state index contributed by atoms with van der Waals surface area (Å²) in [5.41, 5.74) is 6.81. The molecule has 39 heavy (non-hydrogen) atoms. The Kier molecular flexibility index (Phi) is 7.47. The van der Waals surface area contributed by atoms with Crippen LogP contribution in [0.1, 0.15) is 48.3 Å². The number of anilines is 1. The van der Waals surface area contributed by atoms with Gasteiger partial charge in [-0.3, -0.25) is 10.1 Å². The third-order valence-electron chi connectivity index (χ3n) is 7.28. The fourth-order valence-corrected chi connectivity index (χ4v) is 6.03. The van der Waals surface area contributed by atoms with E-state index in [4.69, 9.17) is 21.1 Å². The fourth-order valence-electron chi connectivity index (χ4n) is 4.90. The number of hydrogen-bond acceptors (Lipinski definition) is 6. The highest BCUT2D eigenvalue weighted by atomic mass is 35.5. The summed E-state index contributed by atoms with van der Waals surface area (Å²) in [7, 11) is 1.44. The predicted octanol–water partition coefficient (Wildman–Crippen LogP) is 8.26. The van der Waals surface area contributed by atoms with Gasteiger partial charge in [0.15, 0.2) is 0 Å². The van der Waals surface area contributed by atoms with Crippen LogP contribution >= 0.6 is 23.1 Å². The Morgan fingerprint density at radius 3 is 2.36 bits per heavy atom. The number of benzene rings is 3. The number of carbonyl (C=O) groups excluding carboxylic acids is 2. The van der Waals surface area contributed by atoms with Crippen LogP contribution in [0, 0.1) is 13.8 Å². The van der Waals surface area contributed by atoms with E-state index < -0.39 is 17.6 Å². The molecule has 1 aromatic heterocycles. The number of hydrogen-bond donors (Lipinski definition) is 1. The molecule has 1 atom stereocenters. The number of carbonyl (C=O) groups is 2. The quantitative estimate of drug-likeness (QED) is 0.230. The number of nitrogens with one attached hydrogen (secondary N) is 1. The van der Waals surface area contributed by atoms with E-state index in [1.807, 2.05) is 43.3 Å². The summed E-state index contributed by atoms with van der Waals surface area (Å²) in [5, 5.41) is 3.44. The Hall–Kier alpha value is -3.68. The zero-order valence-corrected chi connectivity index (χ0v) is 23.8. The lowest BCUT2D eigenvalue weighted by atomic mass is 9.92. The lowest BCUT2D eigenvalue weighted by Crippen LogP contribution is -2.21. The molecule has 6 nitrogen and oxygen atoms in total. The van der Waals surface area contributed by atoms with Crippen LogP contribution in [0.4, 0.5) is 10.5 Å². The molecule has 1 fully saturated rings. The summed E-state index contributed by atoms with van der Waals surface area (Å²) in [6.45, 7) is 5.70. The Labute approximate surface area is 237 Å². The van der Waals surface area contributed by atoms with E-state index >= 15 is 0 Å². The summed E-state index contributed by atoms with van der Waals surface area (Å²) in [6.07, 6.45) is 0.568. The average molecular weight is 561 g/mol. The zero-order valence-electron chi connectivity index (χ0n) is 22.2. The van der Waals surface area contributed by atoms with Gasteiger partial charge in [-0.2, -0.15) is 4.37 Å². The first-order valence-electron chi connectivity index (χ1n) is 12.7. The Bertz CT molecular complexity index is 1540. The van der Waals surface area contributed by atoms with Gasteiger partial charge < -0.3 is 9.47 Å². The minimum atomic E-state index is -0.569. The molecular weight excluding hydrogens is 532 g/mol. The number of amides is 1. The van der Waals surface area contributed by atoms with Crippen molar-refractivity contribution in [2.75, 3.05) is 12.4 Å². The molecule has 1 saturated carbocycles. The highest BCUT2D eigenvalue weighted by Gasteiger charge is 2.52. The van der Waals surface area contributed by atoms with Crippen molar-refractivity contribution in [2.24, 2.45) is 0 Å². The molecule has 0 saturated heterocycles. The first kappa shape index (κ1) is 26.9. The lowest BCUT2D eigenvalue weighted by molar-refractivity contribution is -0.143. The van der Waals surface area contributed by atoms with Crippen molar-refractivity contribution >= 4 is 40.9 Å². The number of esters is 1. The van der Waals surface area contributed by atoms with Gasteiger partial charge in [-0.25, -0.2) is 4.79 Å². The van der Waals surface area contributed by atoms with Gasteiger partial charge in [0.05, 0.1) is 28.8 Å². The summed E-state index contributed by atoms with van der Waals surface area (Å²) < 4.78 is 15.1. The molecule has 5 rings (SSSR count). The molecule has 0 bridgehead atoms. The first-order valence-corrected chi connectivity index (χ1v) is 13.9. The highest BCUT2D eigenvalue weighted by Crippen LogP contribution is 2.49. The van der Waals surface area contributed by atoms with Gasteiger partial charge in [0.2, 0.25) is 0 Å². The number of nitrogens with zero attached hydrogens (tertiary/aromatic N) is 1. The van der Waals surface area contributed by atoms with Crippen molar-refractivity contribution in [3.05, 3.63) is 94.1 Å². The third-order valence-corrected chi connectivity index (χ3v) is 8.61. The number of ether oxygens (including phenoxy) is 2. The van der Waals surface area contributed by atoms with E-state index in [-0.39, 0.29) is 5.97 Å². The summed E-state index contributed by atoms with van der Waals surface area (Å²) >= 11 is 7.59. The molecule has 0 aliphatic heterocycles. The molecule has 1 amide bonds. The second-order valence-electron chi connectivity index (χ2n) is 9.85. The topological polar surface area (TPSA) is 77.5 Å². The first-order chi connectivity index (χ1) is 18.7. The average Bonchev–Trinajstić information content (AvgIpc) is 3.67. The van der Waals surface area contributed by atoms with Gasteiger partial charge in [0.1, 0.15) is 6.10 Å². The lowest BCUT2D eigenvalue weighted by Gasteiger charge is -2.16. The normalized spacial score (nSPS) is 14.4. The van der Waals surface area contributed by atoms with Crippen LogP contribution in [0.3, 0.4) is 0 Å². The van der Waals surface area contributed by atoms with Gasteiger partial charge in [-0.05, 0) is 85.1 Å². The van der Waals surface area contributed by atoms with E-state index in [1.54, 1.807) is 13.0 Å². The smallest absolute Gasteiger partial charge is 0.412 e. The predicted molar refractivity (Wildman–Crippen MR) is 155 cm³/mol. The summed E-state index contributed by atoms with van der Waals surface area (Å²) in [4.78, 5) is 25.9. The standard InChI is InChI=1S/C31H29ClN2O4S/c1-18-17-22(11-14-24(18)21-9-12-23(13-10-21)31(15-16-31)29(35)37-4)28-27(19(2)34-39-28)33-30(36)38-20(3)25-7-5-6-8-26(25)32/h5-14,17,20H,15-16H2,1-4H3,(H,33,36)/t20-/m1/s1. The molecule has 4 aromatic rings. The highest BCUT2D eigenvalue weighted by molar-refractivity contribution is 7.10. The van der Waals surface area contributed by atoms with Crippen molar-refractivity contribution in [3.8, 4) is 21.6 Å². The van der Waals surface area contributed by atoms with Crippen molar-refractivity contribution in [3.63, 3.8) is 0 Å². The van der Waals surface area contributed by atoms with Gasteiger partial charge in [-0.15, -0.1) is 0 Å². The number of rotatable bonds is 7. The van der Waals surface area contributed by atoms with E-state index in [1.165, 1.54) is 18.6 Å². The molecule has 1 aliphatic rings. The molecule has 0 spiro atoms. The Morgan fingerprint density at radius 2 is 1.72 bits per heavy atom. The van der Waals surface area contributed by atoms with Gasteiger partial charge >= 0.3 is 12.1 Å². The molecule has 1 heterocycles. The summed E-state index contributed by atoms with van der Waals surface area (Å²) in [6, 6.07) is 21.7.